The summed E-state index contributed by atoms with van der Waals surface area (Å²) in [6, 6.07) is 16.8. The van der Waals surface area contributed by atoms with Gasteiger partial charge in [0.1, 0.15) is 12.6 Å². The first kappa shape index (κ1) is 26.2. The number of alkyl carbamates (subject to hydrolysis) is 1. The molecule has 0 fully saturated rings. The van der Waals surface area contributed by atoms with Crippen LogP contribution < -0.4 is 21.3 Å². The fraction of sp³-hybridized carbons (Fsp3) is 0.333. The van der Waals surface area contributed by atoms with E-state index in [4.69, 9.17) is 9.84 Å². The number of unbranched alkanes of at least 4 members (excludes halogenated alkanes) is 1. The number of anilines is 1. The largest absolute Gasteiger partial charge is 0.481 e. The second-order valence-electron chi connectivity index (χ2n) is 7.44. The van der Waals surface area contributed by atoms with Crippen molar-refractivity contribution < 1.29 is 29.0 Å². The fourth-order valence-electron chi connectivity index (χ4n) is 2.95. The van der Waals surface area contributed by atoms with Gasteiger partial charge in [0.05, 0.1) is 6.42 Å². The lowest BCUT2D eigenvalue weighted by molar-refractivity contribution is -0.136. The predicted molar refractivity (Wildman–Crippen MR) is 126 cm³/mol. The van der Waals surface area contributed by atoms with Gasteiger partial charge in [-0.05, 0) is 37.0 Å². The van der Waals surface area contributed by atoms with E-state index in [0.29, 0.717) is 31.5 Å². The third kappa shape index (κ3) is 11.0. The average Bonchev–Trinajstić information content (AvgIpc) is 2.83. The number of carboxylic acids is 1. The van der Waals surface area contributed by atoms with E-state index in [1.54, 1.807) is 24.3 Å². The van der Waals surface area contributed by atoms with Gasteiger partial charge in [-0.1, -0.05) is 48.5 Å². The first-order valence-electron chi connectivity index (χ1n) is 11.0. The summed E-state index contributed by atoms with van der Waals surface area (Å²) in [5, 5.41) is 19.0. The van der Waals surface area contributed by atoms with Crippen molar-refractivity contribution in [3.63, 3.8) is 0 Å². The van der Waals surface area contributed by atoms with Crippen LogP contribution in [0.1, 0.15) is 31.2 Å². The Morgan fingerprint density at radius 3 is 2.18 bits per heavy atom. The number of amides is 4. The lowest BCUT2D eigenvalue weighted by Crippen LogP contribution is -2.44. The van der Waals surface area contributed by atoms with E-state index in [0.717, 1.165) is 5.56 Å². The SMILES string of the molecule is O=C(O)CCNC(=O)NCCCC[C@H](NC(=O)OCc1ccccc1)C(=O)Nc1ccccc1. The number of carbonyl (C=O) groups is 4. The minimum Gasteiger partial charge on any atom is -0.481 e. The maximum atomic E-state index is 12.8. The highest BCUT2D eigenvalue weighted by Gasteiger charge is 2.21. The molecule has 0 saturated heterocycles. The maximum Gasteiger partial charge on any atom is 0.408 e. The Balaban J connectivity index is 1.80. The van der Waals surface area contributed by atoms with Crippen LogP contribution in [0.15, 0.2) is 60.7 Å². The first-order valence-corrected chi connectivity index (χ1v) is 11.0. The number of carboxylic acid groups (broad SMARTS) is 1. The molecule has 2 aromatic carbocycles. The van der Waals surface area contributed by atoms with Crippen molar-refractivity contribution in [3.8, 4) is 0 Å². The van der Waals surface area contributed by atoms with E-state index in [1.165, 1.54) is 0 Å². The van der Waals surface area contributed by atoms with Crippen LogP contribution in [-0.2, 0) is 20.9 Å². The second-order valence-corrected chi connectivity index (χ2v) is 7.44. The number of benzene rings is 2. The molecule has 0 unspecified atom stereocenters. The van der Waals surface area contributed by atoms with Gasteiger partial charge in [0.15, 0.2) is 0 Å². The van der Waals surface area contributed by atoms with Gasteiger partial charge in [0.2, 0.25) is 5.91 Å². The highest BCUT2D eigenvalue weighted by Crippen LogP contribution is 2.09. The Hall–Kier alpha value is -4.08. The van der Waals surface area contributed by atoms with E-state index >= 15 is 0 Å². The monoisotopic (exact) mass is 470 g/mol. The zero-order chi connectivity index (χ0) is 24.6. The van der Waals surface area contributed by atoms with Crippen LogP contribution in [0.2, 0.25) is 0 Å². The Kier molecular flexibility index (Phi) is 11.5. The maximum absolute atomic E-state index is 12.8. The summed E-state index contributed by atoms with van der Waals surface area (Å²) < 4.78 is 5.24. The van der Waals surface area contributed by atoms with Crippen LogP contribution in [0.25, 0.3) is 0 Å². The molecule has 182 valence electrons. The molecule has 0 heterocycles. The van der Waals surface area contributed by atoms with E-state index in [2.05, 4.69) is 21.3 Å². The molecule has 2 aromatic rings. The van der Waals surface area contributed by atoms with Gasteiger partial charge in [0, 0.05) is 18.8 Å². The molecular weight excluding hydrogens is 440 g/mol. The Bertz CT molecular complexity index is 924. The molecule has 0 radical (unpaired) electrons. The standard InChI is InChI=1S/C24H30N4O6/c29-21(30)14-16-26-23(32)25-15-8-7-13-20(22(31)27-19-11-5-2-6-12-19)28-24(33)34-17-18-9-3-1-4-10-18/h1-6,9-12,20H,7-8,13-17H2,(H,27,31)(H,28,33)(H,29,30)(H2,25,26,32)/t20-/m0/s1. The third-order valence-electron chi connectivity index (χ3n) is 4.69. The molecule has 2 rings (SSSR count). The van der Waals surface area contributed by atoms with Crippen LogP contribution >= 0.6 is 0 Å². The normalized spacial score (nSPS) is 11.1. The zero-order valence-electron chi connectivity index (χ0n) is 18.8. The third-order valence-corrected chi connectivity index (χ3v) is 4.69. The summed E-state index contributed by atoms with van der Waals surface area (Å²) in [5.41, 5.74) is 1.44. The van der Waals surface area contributed by atoms with Crippen molar-refractivity contribution >= 4 is 29.7 Å². The van der Waals surface area contributed by atoms with E-state index in [1.807, 2.05) is 36.4 Å². The summed E-state index contributed by atoms with van der Waals surface area (Å²) in [6.45, 7) is 0.461. The van der Waals surface area contributed by atoms with Gasteiger partial charge in [-0.15, -0.1) is 0 Å². The number of hydrogen-bond donors (Lipinski definition) is 5. The molecule has 0 bridgehead atoms. The number of para-hydroxylation sites is 1. The van der Waals surface area contributed by atoms with Crippen molar-refractivity contribution in [1.82, 2.24) is 16.0 Å². The number of hydrogen-bond acceptors (Lipinski definition) is 5. The molecular formula is C24H30N4O6. The van der Waals surface area contributed by atoms with Gasteiger partial charge in [-0.25, -0.2) is 9.59 Å². The molecule has 0 spiro atoms. The molecule has 34 heavy (non-hydrogen) atoms. The minimum atomic E-state index is -0.991. The number of aliphatic carboxylic acids is 1. The zero-order valence-corrected chi connectivity index (χ0v) is 18.8. The average molecular weight is 471 g/mol. The fourth-order valence-corrected chi connectivity index (χ4v) is 2.95. The Labute approximate surface area is 198 Å². The molecule has 0 saturated carbocycles. The lowest BCUT2D eigenvalue weighted by Gasteiger charge is -2.18. The number of rotatable bonds is 13. The van der Waals surface area contributed by atoms with Crippen molar-refractivity contribution in [3.05, 3.63) is 66.2 Å². The van der Waals surface area contributed by atoms with Gasteiger partial charge < -0.3 is 31.1 Å². The Morgan fingerprint density at radius 1 is 0.853 bits per heavy atom. The van der Waals surface area contributed by atoms with Crippen LogP contribution in [0.4, 0.5) is 15.3 Å². The molecule has 1 atom stereocenters. The van der Waals surface area contributed by atoms with E-state index in [-0.39, 0.29) is 25.5 Å². The van der Waals surface area contributed by atoms with E-state index < -0.39 is 24.1 Å². The van der Waals surface area contributed by atoms with Crippen molar-refractivity contribution in [1.29, 1.82) is 0 Å². The van der Waals surface area contributed by atoms with Crippen LogP contribution in [0.5, 0.6) is 0 Å². The number of nitrogens with one attached hydrogen (secondary N) is 4. The van der Waals surface area contributed by atoms with Crippen molar-refractivity contribution in [2.45, 2.75) is 38.3 Å². The molecule has 5 N–H and O–H groups in total. The van der Waals surface area contributed by atoms with E-state index in [9.17, 15) is 19.2 Å². The summed E-state index contributed by atoms with van der Waals surface area (Å²) in [7, 11) is 0. The van der Waals surface area contributed by atoms with Gasteiger partial charge in [-0.3, -0.25) is 9.59 Å². The summed E-state index contributed by atoms with van der Waals surface area (Å²) in [4.78, 5) is 47.1. The predicted octanol–water partition coefficient (Wildman–Crippen LogP) is 2.86. The molecule has 0 aliphatic heterocycles. The lowest BCUT2D eigenvalue weighted by atomic mass is 10.1. The van der Waals surface area contributed by atoms with Gasteiger partial charge in [-0.2, -0.15) is 0 Å². The smallest absolute Gasteiger partial charge is 0.408 e. The van der Waals surface area contributed by atoms with Gasteiger partial charge in [0.25, 0.3) is 0 Å². The Morgan fingerprint density at radius 2 is 1.50 bits per heavy atom. The van der Waals surface area contributed by atoms with Crippen LogP contribution in [0, 0.1) is 0 Å². The minimum absolute atomic E-state index is 0.0396. The molecule has 10 nitrogen and oxygen atoms in total. The van der Waals surface area contributed by atoms with Crippen LogP contribution in [0.3, 0.4) is 0 Å². The van der Waals surface area contributed by atoms with Crippen LogP contribution in [-0.4, -0.2) is 48.2 Å². The topological polar surface area (TPSA) is 146 Å². The molecule has 0 aromatic heterocycles. The molecule has 10 heteroatoms. The summed E-state index contributed by atoms with van der Waals surface area (Å²) in [6.07, 6.45) is 0.579. The number of urea groups is 1. The molecule has 0 aliphatic rings. The molecule has 4 amide bonds. The van der Waals surface area contributed by atoms with Crippen molar-refractivity contribution in [2.75, 3.05) is 18.4 Å². The van der Waals surface area contributed by atoms with Gasteiger partial charge >= 0.3 is 18.1 Å². The second kappa shape index (κ2) is 14.9. The highest BCUT2D eigenvalue weighted by atomic mass is 16.5. The first-order chi connectivity index (χ1) is 16.4. The summed E-state index contributed by atoms with van der Waals surface area (Å²) in [5.74, 6) is -1.36. The highest BCUT2D eigenvalue weighted by molar-refractivity contribution is 5.96. The molecule has 0 aliphatic carbocycles. The number of carbonyl (C=O) groups excluding carboxylic acids is 3. The quantitative estimate of drug-likeness (QED) is 0.285. The van der Waals surface area contributed by atoms with Crippen molar-refractivity contribution in [2.24, 2.45) is 0 Å². The number of ether oxygens (including phenoxy) is 1. The summed E-state index contributed by atoms with van der Waals surface area (Å²) >= 11 is 0.